The van der Waals surface area contributed by atoms with Gasteiger partial charge in [0.2, 0.25) is 0 Å². The van der Waals surface area contributed by atoms with E-state index in [4.69, 9.17) is 9.97 Å². The maximum atomic E-state index is 5.46. The smallest absolute Gasteiger partial charge is 0.160 e. The summed E-state index contributed by atoms with van der Waals surface area (Å²) in [6.45, 7) is 0. The monoisotopic (exact) mass is 698 g/mol. The van der Waals surface area contributed by atoms with Crippen LogP contribution in [-0.4, -0.2) is 9.97 Å². The van der Waals surface area contributed by atoms with Gasteiger partial charge in [-0.2, -0.15) is 0 Å². The Morgan fingerprint density at radius 1 is 0.273 bits per heavy atom. The molecule has 8 aromatic carbocycles. The number of benzene rings is 8. The molecule has 0 radical (unpaired) electrons. The Labute approximate surface area is 321 Å². The Balaban J connectivity index is 1.15. The lowest BCUT2D eigenvalue weighted by molar-refractivity contribution is 0.795. The summed E-state index contributed by atoms with van der Waals surface area (Å²) in [4.78, 5) is 10.7. The van der Waals surface area contributed by atoms with E-state index in [1.54, 1.807) is 0 Å². The van der Waals surface area contributed by atoms with Crippen LogP contribution in [0.4, 0.5) is 0 Å². The molecule has 1 aromatic heterocycles. The predicted molar refractivity (Wildman–Crippen MR) is 226 cm³/mol. The van der Waals surface area contributed by atoms with Gasteiger partial charge in [-0.05, 0) is 72.8 Å². The fraction of sp³-hybridized carbons (Fsp3) is 0.0189. The number of aromatic nitrogens is 2. The molecule has 55 heavy (non-hydrogen) atoms. The lowest BCUT2D eigenvalue weighted by Gasteiger charge is -2.32. The zero-order valence-corrected chi connectivity index (χ0v) is 30.0. The highest BCUT2D eigenvalue weighted by Gasteiger charge is 2.52. The highest BCUT2D eigenvalue weighted by atomic mass is 14.9. The molecule has 2 nitrogen and oxygen atoms in total. The quantitative estimate of drug-likeness (QED) is 0.179. The van der Waals surface area contributed by atoms with Crippen LogP contribution < -0.4 is 0 Å². The van der Waals surface area contributed by atoms with E-state index in [0.717, 1.165) is 33.6 Å². The summed E-state index contributed by atoms with van der Waals surface area (Å²) in [7, 11) is 0. The van der Waals surface area contributed by atoms with Gasteiger partial charge in [0, 0.05) is 16.7 Å². The SMILES string of the molecule is c1ccc(-c2ccc(-c3cc(-c4cccc5c4C4(c6ccccc6-c6ccccc64)c4ccccc4-5)nc(-c4ccc(-c5ccccc5)cc4)n3)cc2)cc1. The molecule has 1 heterocycles. The second kappa shape index (κ2) is 12.5. The first kappa shape index (κ1) is 31.4. The molecule has 0 unspecified atom stereocenters. The molecule has 2 aliphatic carbocycles. The zero-order valence-electron chi connectivity index (χ0n) is 30.0. The van der Waals surface area contributed by atoms with Gasteiger partial charge in [0.25, 0.3) is 0 Å². The van der Waals surface area contributed by atoms with Crippen molar-refractivity contribution in [3.63, 3.8) is 0 Å². The van der Waals surface area contributed by atoms with Gasteiger partial charge in [-0.1, -0.05) is 200 Å². The molecular weight excluding hydrogens is 665 g/mol. The van der Waals surface area contributed by atoms with E-state index < -0.39 is 5.41 Å². The fourth-order valence-electron chi connectivity index (χ4n) is 9.14. The first-order chi connectivity index (χ1) is 27.3. The first-order valence-corrected chi connectivity index (χ1v) is 18.9. The van der Waals surface area contributed by atoms with Crippen LogP contribution in [-0.2, 0) is 5.41 Å². The maximum Gasteiger partial charge on any atom is 0.160 e. The summed E-state index contributed by atoms with van der Waals surface area (Å²) in [6.07, 6.45) is 0. The van der Waals surface area contributed by atoms with Crippen molar-refractivity contribution in [2.45, 2.75) is 5.41 Å². The third-order valence-electron chi connectivity index (χ3n) is 11.6. The highest BCUT2D eigenvalue weighted by Crippen LogP contribution is 2.64. The second-order valence-corrected chi connectivity index (χ2v) is 14.5. The van der Waals surface area contributed by atoms with Crippen molar-refractivity contribution in [3.05, 3.63) is 229 Å². The number of rotatable bonds is 5. The van der Waals surface area contributed by atoms with Crippen molar-refractivity contribution in [2.75, 3.05) is 0 Å². The normalized spacial score (nSPS) is 12.9. The average Bonchev–Trinajstić information content (AvgIpc) is 3.75. The fourth-order valence-corrected chi connectivity index (χ4v) is 9.14. The minimum Gasteiger partial charge on any atom is -0.228 e. The van der Waals surface area contributed by atoms with Crippen molar-refractivity contribution >= 4 is 0 Å². The lowest BCUT2D eigenvalue weighted by Crippen LogP contribution is -2.26. The minimum absolute atomic E-state index is 0.490. The van der Waals surface area contributed by atoms with Gasteiger partial charge in [0.1, 0.15) is 0 Å². The minimum atomic E-state index is -0.490. The molecule has 0 amide bonds. The summed E-state index contributed by atoms with van der Waals surface area (Å²) in [5.41, 5.74) is 19.5. The van der Waals surface area contributed by atoms with Crippen molar-refractivity contribution in [1.29, 1.82) is 0 Å². The number of fused-ring (bicyclic) bond motifs is 10. The van der Waals surface area contributed by atoms with Crippen molar-refractivity contribution in [3.8, 4) is 78.4 Å². The molecule has 11 rings (SSSR count). The Morgan fingerprint density at radius 3 is 1.20 bits per heavy atom. The molecule has 256 valence electrons. The van der Waals surface area contributed by atoms with E-state index in [1.807, 2.05) is 0 Å². The van der Waals surface area contributed by atoms with E-state index in [0.29, 0.717) is 5.82 Å². The van der Waals surface area contributed by atoms with Crippen molar-refractivity contribution < 1.29 is 0 Å². The molecule has 0 saturated heterocycles. The predicted octanol–water partition coefficient (Wildman–Crippen LogP) is 13.2. The number of hydrogen-bond acceptors (Lipinski definition) is 2. The molecular formula is C53H34N2. The second-order valence-electron chi connectivity index (χ2n) is 14.5. The third-order valence-corrected chi connectivity index (χ3v) is 11.6. The van der Waals surface area contributed by atoms with E-state index >= 15 is 0 Å². The lowest BCUT2D eigenvalue weighted by atomic mass is 9.69. The number of hydrogen-bond donors (Lipinski definition) is 0. The van der Waals surface area contributed by atoms with Crippen LogP contribution in [0.1, 0.15) is 22.3 Å². The molecule has 0 atom stereocenters. The van der Waals surface area contributed by atoms with Gasteiger partial charge in [0.05, 0.1) is 16.8 Å². The Morgan fingerprint density at radius 2 is 0.655 bits per heavy atom. The molecule has 2 heteroatoms. The van der Waals surface area contributed by atoms with Crippen LogP contribution >= 0.6 is 0 Å². The Kier molecular flexibility index (Phi) is 7.11. The topological polar surface area (TPSA) is 25.8 Å². The molecule has 1 spiro atoms. The molecule has 0 saturated carbocycles. The standard InChI is InChI=1S/C53H34N2/c1-3-14-35(15-4-1)37-26-30-39(31-27-37)49-34-50(55-52(54-49)40-32-28-38(29-33-40)36-16-5-2-6-17-36)45-22-13-21-44-43-20-9-12-25-48(43)53(51(44)45)46-23-10-7-18-41(46)42-19-8-11-24-47(42)53/h1-34H. The molecule has 0 bridgehead atoms. The van der Waals surface area contributed by atoms with Crippen LogP contribution in [0, 0.1) is 0 Å². The summed E-state index contributed by atoms with van der Waals surface area (Å²) >= 11 is 0. The van der Waals surface area contributed by atoms with Crippen molar-refractivity contribution in [2.24, 2.45) is 0 Å². The summed E-state index contributed by atoms with van der Waals surface area (Å²) in [5.74, 6) is 0.702. The Bertz CT molecular complexity index is 2730. The van der Waals surface area contributed by atoms with Gasteiger partial charge < -0.3 is 0 Å². The maximum absolute atomic E-state index is 5.46. The van der Waals surface area contributed by atoms with Gasteiger partial charge in [-0.25, -0.2) is 9.97 Å². The molecule has 2 aliphatic rings. The van der Waals surface area contributed by atoms with Gasteiger partial charge in [-0.3, -0.25) is 0 Å². The largest absolute Gasteiger partial charge is 0.228 e. The molecule has 0 aliphatic heterocycles. The van der Waals surface area contributed by atoms with Crippen LogP contribution in [0.3, 0.4) is 0 Å². The highest BCUT2D eigenvalue weighted by molar-refractivity contribution is 5.98. The zero-order chi connectivity index (χ0) is 36.3. The van der Waals surface area contributed by atoms with Crippen LogP contribution in [0.15, 0.2) is 206 Å². The molecule has 9 aromatic rings. The average molecular weight is 699 g/mol. The van der Waals surface area contributed by atoms with E-state index in [-0.39, 0.29) is 0 Å². The number of nitrogens with zero attached hydrogens (tertiary/aromatic N) is 2. The van der Waals surface area contributed by atoms with Gasteiger partial charge in [-0.15, -0.1) is 0 Å². The summed E-state index contributed by atoms with van der Waals surface area (Å²) in [5, 5.41) is 0. The summed E-state index contributed by atoms with van der Waals surface area (Å²) < 4.78 is 0. The molecule has 0 fully saturated rings. The molecule has 0 N–H and O–H groups in total. The van der Waals surface area contributed by atoms with Crippen LogP contribution in [0.2, 0.25) is 0 Å². The Hall–Kier alpha value is -7.16. The first-order valence-electron chi connectivity index (χ1n) is 18.9. The van der Waals surface area contributed by atoms with E-state index in [2.05, 4.69) is 206 Å². The van der Waals surface area contributed by atoms with Gasteiger partial charge >= 0.3 is 0 Å². The van der Waals surface area contributed by atoms with E-state index in [1.165, 1.54) is 61.2 Å². The summed E-state index contributed by atoms with van der Waals surface area (Å²) in [6, 6.07) is 74.3. The van der Waals surface area contributed by atoms with Crippen LogP contribution in [0.5, 0.6) is 0 Å². The van der Waals surface area contributed by atoms with Crippen molar-refractivity contribution in [1.82, 2.24) is 9.97 Å². The van der Waals surface area contributed by atoms with E-state index in [9.17, 15) is 0 Å². The van der Waals surface area contributed by atoms with Gasteiger partial charge in [0.15, 0.2) is 5.82 Å². The van der Waals surface area contributed by atoms with Crippen LogP contribution in [0.25, 0.3) is 78.4 Å². The third kappa shape index (κ3) is 4.82.